The van der Waals surface area contributed by atoms with E-state index in [1.165, 1.54) is 0 Å². The van der Waals surface area contributed by atoms with Gasteiger partial charge < -0.3 is 19.2 Å². The minimum absolute atomic E-state index is 0.132. The van der Waals surface area contributed by atoms with Crippen LogP contribution < -0.4 is 4.74 Å². The molecular formula is C18H21NO5. The van der Waals surface area contributed by atoms with E-state index < -0.39 is 0 Å². The Balaban J connectivity index is 1.85. The summed E-state index contributed by atoms with van der Waals surface area (Å²) in [6.07, 6.45) is 1.36. The van der Waals surface area contributed by atoms with Crippen LogP contribution in [-0.2, 0) is 14.3 Å². The zero-order chi connectivity index (χ0) is 17.1. The predicted octanol–water partition coefficient (Wildman–Crippen LogP) is 2.99. The molecule has 24 heavy (non-hydrogen) atoms. The molecule has 6 nitrogen and oxygen atoms in total. The van der Waals surface area contributed by atoms with Gasteiger partial charge in [-0.15, -0.1) is 0 Å². The van der Waals surface area contributed by atoms with E-state index in [-0.39, 0.29) is 17.9 Å². The number of fused-ring (bicyclic) bond motifs is 1. The highest BCUT2D eigenvalue weighted by atomic mass is 16.5. The summed E-state index contributed by atoms with van der Waals surface area (Å²) in [4.78, 5) is 27.6. The highest BCUT2D eigenvalue weighted by Crippen LogP contribution is 2.28. The summed E-state index contributed by atoms with van der Waals surface area (Å²) in [6.45, 7) is 5.07. The lowest BCUT2D eigenvalue weighted by molar-refractivity contribution is -0.141. The number of aromatic nitrogens is 1. The predicted molar refractivity (Wildman–Crippen MR) is 88.2 cm³/mol. The zero-order valence-corrected chi connectivity index (χ0v) is 13.9. The third-order valence-electron chi connectivity index (χ3n) is 4.21. The van der Waals surface area contributed by atoms with Crippen molar-refractivity contribution < 1.29 is 23.8 Å². The average molecular weight is 331 g/mol. The maximum Gasteiger partial charge on any atom is 0.340 e. The van der Waals surface area contributed by atoms with E-state index in [2.05, 4.69) is 4.98 Å². The number of ether oxygens (including phenoxy) is 3. The number of hydrogen-bond donors (Lipinski definition) is 1. The summed E-state index contributed by atoms with van der Waals surface area (Å²) < 4.78 is 15.9. The number of rotatable bonds is 4. The van der Waals surface area contributed by atoms with Gasteiger partial charge in [0.05, 0.1) is 18.1 Å². The average Bonchev–Trinajstić information content (AvgIpc) is 2.91. The van der Waals surface area contributed by atoms with Gasteiger partial charge in [0, 0.05) is 29.8 Å². The Morgan fingerprint density at radius 1 is 1.29 bits per heavy atom. The van der Waals surface area contributed by atoms with E-state index in [1.54, 1.807) is 25.1 Å². The molecular weight excluding hydrogens is 310 g/mol. The van der Waals surface area contributed by atoms with E-state index in [0.717, 1.165) is 11.2 Å². The van der Waals surface area contributed by atoms with Gasteiger partial charge in [-0.2, -0.15) is 0 Å². The molecule has 0 amide bonds. The molecule has 0 atom stereocenters. The van der Waals surface area contributed by atoms with Gasteiger partial charge in [-0.3, -0.25) is 4.79 Å². The van der Waals surface area contributed by atoms with Crippen molar-refractivity contribution in [3.63, 3.8) is 0 Å². The van der Waals surface area contributed by atoms with E-state index in [4.69, 9.17) is 14.2 Å². The van der Waals surface area contributed by atoms with Crippen LogP contribution in [0.1, 0.15) is 35.8 Å². The lowest BCUT2D eigenvalue weighted by atomic mass is 10.0. The Kier molecular flexibility index (Phi) is 4.85. The van der Waals surface area contributed by atoms with Crippen molar-refractivity contribution in [1.82, 2.24) is 4.98 Å². The van der Waals surface area contributed by atoms with Gasteiger partial charge in [0.25, 0.3) is 0 Å². The third-order valence-corrected chi connectivity index (χ3v) is 4.21. The van der Waals surface area contributed by atoms with Crippen LogP contribution in [0.4, 0.5) is 0 Å². The quantitative estimate of drug-likeness (QED) is 0.688. The fraction of sp³-hybridized carbons (Fsp3) is 0.444. The molecule has 1 N–H and O–H groups in total. The third kappa shape index (κ3) is 3.28. The molecule has 128 valence electrons. The molecule has 0 unspecified atom stereocenters. The van der Waals surface area contributed by atoms with Gasteiger partial charge in [-0.25, -0.2) is 4.79 Å². The summed E-state index contributed by atoms with van der Waals surface area (Å²) in [7, 11) is 0. The van der Waals surface area contributed by atoms with Crippen molar-refractivity contribution in [2.75, 3.05) is 19.8 Å². The van der Waals surface area contributed by atoms with Gasteiger partial charge in [0.15, 0.2) is 0 Å². The van der Waals surface area contributed by atoms with Gasteiger partial charge in [0.1, 0.15) is 5.75 Å². The molecule has 0 saturated carbocycles. The Morgan fingerprint density at radius 2 is 2.04 bits per heavy atom. The zero-order valence-electron chi connectivity index (χ0n) is 13.9. The number of benzene rings is 1. The first kappa shape index (κ1) is 16.5. The molecule has 0 bridgehead atoms. The van der Waals surface area contributed by atoms with Gasteiger partial charge in [0.2, 0.25) is 0 Å². The van der Waals surface area contributed by atoms with E-state index in [1.807, 2.05) is 6.92 Å². The van der Waals surface area contributed by atoms with Crippen LogP contribution in [-0.4, -0.2) is 36.7 Å². The van der Waals surface area contributed by atoms with Crippen LogP contribution in [0.3, 0.4) is 0 Å². The fourth-order valence-electron chi connectivity index (χ4n) is 2.97. The second kappa shape index (κ2) is 7.05. The number of H-pyrrole nitrogens is 1. The summed E-state index contributed by atoms with van der Waals surface area (Å²) in [5, 5.41) is 0.697. The number of carbonyl (C=O) groups excluding carboxylic acids is 2. The van der Waals surface area contributed by atoms with E-state index in [0.29, 0.717) is 49.4 Å². The van der Waals surface area contributed by atoms with Crippen LogP contribution in [0.15, 0.2) is 18.2 Å². The molecule has 1 saturated heterocycles. The number of esters is 2. The molecule has 0 spiro atoms. The second-order valence-electron chi connectivity index (χ2n) is 5.86. The van der Waals surface area contributed by atoms with Crippen molar-refractivity contribution in [3.05, 3.63) is 29.5 Å². The monoisotopic (exact) mass is 331 g/mol. The van der Waals surface area contributed by atoms with Crippen molar-refractivity contribution >= 4 is 22.8 Å². The highest BCUT2D eigenvalue weighted by Gasteiger charge is 2.24. The summed E-state index contributed by atoms with van der Waals surface area (Å²) >= 11 is 0. The number of nitrogens with one attached hydrogen (secondary N) is 1. The summed E-state index contributed by atoms with van der Waals surface area (Å²) in [5.41, 5.74) is 2.02. The van der Waals surface area contributed by atoms with E-state index in [9.17, 15) is 9.59 Å². The molecule has 1 fully saturated rings. The molecule has 1 aromatic carbocycles. The number of aryl methyl sites for hydroxylation is 1. The first-order valence-electron chi connectivity index (χ1n) is 8.19. The second-order valence-corrected chi connectivity index (χ2v) is 5.86. The lowest BCUT2D eigenvalue weighted by Crippen LogP contribution is -2.27. The minimum Gasteiger partial charge on any atom is -0.462 e. The van der Waals surface area contributed by atoms with Gasteiger partial charge >= 0.3 is 11.9 Å². The normalized spacial score (nSPS) is 15.4. The van der Waals surface area contributed by atoms with Crippen LogP contribution in [0.25, 0.3) is 10.9 Å². The molecule has 0 radical (unpaired) electrons. The molecule has 2 heterocycles. The molecule has 1 aromatic heterocycles. The Bertz CT molecular complexity index is 758. The van der Waals surface area contributed by atoms with Crippen LogP contribution in [0.2, 0.25) is 0 Å². The molecule has 0 aliphatic carbocycles. The molecule has 1 aliphatic rings. The first-order chi connectivity index (χ1) is 11.6. The Morgan fingerprint density at radius 3 is 2.75 bits per heavy atom. The first-order valence-corrected chi connectivity index (χ1v) is 8.19. The lowest BCUT2D eigenvalue weighted by Gasteiger charge is -2.20. The van der Waals surface area contributed by atoms with Gasteiger partial charge in [-0.05, 0) is 44.9 Å². The van der Waals surface area contributed by atoms with E-state index >= 15 is 0 Å². The molecule has 1 aliphatic heterocycles. The number of hydrogen-bond acceptors (Lipinski definition) is 5. The van der Waals surface area contributed by atoms with Crippen molar-refractivity contribution in [3.8, 4) is 5.75 Å². The fourth-order valence-corrected chi connectivity index (χ4v) is 2.97. The number of carbonyl (C=O) groups is 2. The van der Waals surface area contributed by atoms with Crippen molar-refractivity contribution in [1.29, 1.82) is 0 Å². The van der Waals surface area contributed by atoms with Crippen LogP contribution in [0.5, 0.6) is 5.75 Å². The SMILES string of the molecule is CCOC(=O)c1c(C)[nH]c2ccc(OC(=O)C3CCOCC3)cc12. The standard InChI is InChI=1S/C18H21NO5/c1-3-23-18(21)16-11(2)19-15-5-4-13(10-14(15)16)24-17(20)12-6-8-22-9-7-12/h4-5,10,12,19H,3,6-9H2,1-2H3. The van der Waals surface area contributed by atoms with Crippen LogP contribution in [0, 0.1) is 12.8 Å². The molecule has 3 rings (SSSR count). The minimum atomic E-state index is -0.380. The van der Waals surface area contributed by atoms with Crippen LogP contribution >= 0.6 is 0 Å². The Labute approximate surface area is 140 Å². The smallest absolute Gasteiger partial charge is 0.340 e. The van der Waals surface area contributed by atoms with Gasteiger partial charge in [-0.1, -0.05) is 0 Å². The molecule has 6 heteroatoms. The summed E-state index contributed by atoms with van der Waals surface area (Å²) in [5.74, 6) is -0.327. The maximum absolute atomic E-state index is 12.3. The molecule has 2 aromatic rings. The topological polar surface area (TPSA) is 77.6 Å². The van der Waals surface area contributed by atoms with Crippen molar-refractivity contribution in [2.45, 2.75) is 26.7 Å². The number of aromatic amines is 1. The summed E-state index contributed by atoms with van der Waals surface area (Å²) in [6, 6.07) is 5.24. The Hall–Kier alpha value is -2.34. The maximum atomic E-state index is 12.3. The largest absolute Gasteiger partial charge is 0.462 e. The van der Waals surface area contributed by atoms with Crippen molar-refractivity contribution in [2.24, 2.45) is 5.92 Å². The highest BCUT2D eigenvalue weighted by molar-refractivity contribution is 6.06.